The summed E-state index contributed by atoms with van der Waals surface area (Å²) in [6.45, 7) is 10.4. The number of nitrogens with one attached hydrogen (secondary N) is 1. The first-order valence-electron chi connectivity index (χ1n) is 6.54. The summed E-state index contributed by atoms with van der Waals surface area (Å²) in [6, 6.07) is -0.682. The lowest BCUT2D eigenvalue weighted by Gasteiger charge is -2.26. The second-order valence-corrected chi connectivity index (χ2v) is 6.02. The largest absolute Gasteiger partial charge is 0.458 e. The van der Waals surface area contributed by atoms with Crippen LogP contribution in [0, 0.1) is 5.92 Å². The second kappa shape index (κ2) is 7.26. The van der Waals surface area contributed by atoms with Gasteiger partial charge in [-0.25, -0.2) is 4.79 Å². The zero-order valence-electron chi connectivity index (χ0n) is 12.7. The van der Waals surface area contributed by atoms with E-state index >= 15 is 0 Å². The minimum Gasteiger partial charge on any atom is -0.458 e. The van der Waals surface area contributed by atoms with Gasteiger partial charge in [0.2, 0.25) is 5.91 Å². The third kappa shape index (κ3) is 8.35. The SMILES string of the molecule is CC(=O)CCC(=O)N[C@H](C(=O)OC(C)(C)C)C(C)C. The van der Waals surface area contributed by atoms with Gasteiger partial charge >= 0.3 is 5.97 Å². The van der Waals surface area contributed by atoms with Gasteiger partial charge in [0, 0.05) is 12.8 Å². The van der Waals surface area contributed by atoms with Crippen molar-refractivity contribution in [1.82, 2.24) is 5.32 Å². The highest BCUT2D eigenvalue weighted by Crippen LogP contribution is 2.12. The van der Waals surface area contributed by atoms with Crippen molar-refractivity contribution in [2.45, 2.75) is 66.0 Å². The molecule has 0 rings (SSSR count). The summed E-state index contributed by atoms with van der Waals surface area (Å²) in [5.41, 5.74) is -0.589. The molecule has 1 amide bonds. The third-order valence-electron chi connectivity index (χ3n) is 2.35. The van der Waals surface area contributed by atoms with Crippen molar-refractivity contribution in [2.75, 3.05) is 0 Å². The molecule has 0 aromatic carbocycles. The van der Waals surface area contributed by atoms with Gasteiger partial charge in [0.1, 0.15) is 17.4 Å². The van der Waals surface area contributed by atoms with Gasteiger partial charge in [0.15, 0.2) is 0 Å². The molecule has 110 valence electrons. The first kappa shape index (κ1) is 17.6. The summed E-state index contributed by atoms with van der Waals surface area (Å²) in [5.74, 6) is -0.872. The molecule has 0 aliphatic rings. The van der Waals surface area contributed by atoms with E-state index in [4.69, 9.17) is 4.74 Å². The van der Waals surface area contributed by atoms with Crippen LogP contribution in [0.1, 0.15) is 54.4 Å². The van der Waals surface area contributed by atoms with E-state index in [9.17, 15) is 14.4 Å². The maximum atomic E-state index is 12.0. The summed E-state index contributed by atoms with van der Waals surface area (Å²) in [4.78, 5) is 34.4. The number of carbonyl (C=O) groups excluding carboxylic acids is 3. The minimum atomic E-state index is -0.682. The first-order valence-corrected chi connectivity index (χ1v) is 6.54. The Balaban J connectivity index is 4.53. The van der Waals surface area contributed by atoms with E-state index in [1.54, 1.807) is 20.8 Å². The van der Waals surface area contributed by atoms with E-state index in [1.807, 2.05) is 13.8 Å². The molecule has 0 fully saturated rings. The molecule has 0 aromatic heterocycles. The molecule has 19 heavy (non-hydrogen) atoms. The standard InChI is InChI=1S/C14H25NO4/c1-9(2)12(13(18)19-14(4,5)6)15-11(17)8-7-10(3)16/h9,12H,7-8H2,1-6H3,(H,15,17)/t12-/m0/s1. The maximum Gasteiger partial charge on any atom is 0.329 e. The molecule has 0 radical (unpaired) electrons. The molecule has 0 aromatic rings. The van der Waals surface area contributed by atoms with Gasteiger partial charge in [0.05, 0.1) is 0 Å². The molecule has 1 N–H and O–H groups in total. The van der Waals surface area contributed by atoms with Crippen LogP contribution in [0.15, 0.2) is 0 Å². The average molecular weight is 271 g/mol. The number of amides is 1. The smallest absolute Gasteiger partial charge is 0.329 e. The normalized spacial score (nSPS) is 13.0. The molecule has 0 spiro atoms. The molecule has 0 heterocycles. The summed E-state index contributed by atoms with van der Waals surface area (Å²) < 4.78 is 5.27. The van der Waals surface area contributed by atoms with Crippen molar-refractivity contribution >= 4 is 17.7 Å². The van der Waals surface area contributed by atoms with E-state index in [1.165, 1.54) is 6.92 Å². The molecule has 1 atom stereocenters. The first-order chi connectivity index (χ1) is 8.53. The molecule has 0 aliphatic carbocycles. The Morgan fingerprint density at radius 3 is 2.00 bits per heavy atom. The van der Waals surface area contributed by atoms with Gasteiger partial charge in [-0.1, -0.05) is 13.8 Å². The van der Waals surface area contributed by atoms with Crippen molar-refractivity contribution in [2.24, 2.45) is 5.92 Å². The monoisotopic (exact) mass is 271 g/mol. The van der Waals surface area contributed by atoms with Crippen LogP contribution in [0.5, 0.6) is 0 Å². The highest BCUT2D eigenvalue weighted by atomic mass is 16.6. The number of Topliss-reactive ketones (excluding diaryl/α,β-unsaturated/α-hetero) is 1. The van der Waals surface area contributed by atoms with Crippen LogP contribution >= 0.6 is 0 Å². The Hall–Kier alpha value is -1.39. The molecule has 0 aliphatic heterocycles. The Labute approximate surface area is 115 Å². The third-order valence-corrected chi connectivity index (χ3v) is 2.35. The highest BCUT2D eigenvalue weighted by Gasteiger charge is 2.28. The van der Waals surface area contributed by atoms with E-state index in [-0.39, 0.29) is 30.4 Å². The molecule has 0 saturated carbocycles. The predicted molar refractivity (Wildman–Crippen MR) is 72.5 cm³/mol. The second-order valence-electron chi connectivity index (χ2n) is 6.02. The number of carbonyl (C=O) groups is 3. The van der Waals surface area contributed by atoms with Crippen LogP contribution in [0.4, 0.5) is 0 Å². The molecule has 0 bridgehead atoms. The Kier molecular flexibility index (Phi) is 6.73. The minimum absolute atomic E-state index is 0.0477. The number of hydrogen-bond donors (Lipinski definition) is 1. The van der Waals surface area contributed by atoms with Crippen molar-refractivity contribution in [3.63, 3.8) is 0 Å². The zero-order valence-corrected chi connectivity index (χ0v) is 12.7. The molecular formula is C14H25NO4. The van der Waals surface area contributed by atoms with Gasteiger partial charge in [-0.15, -0.1) is 0 Å². The fourth-order valence-corrected chi connectivity index (χ4v) is 1.40. The van der Waals surface area contributed by atoms with Crippen molar-refractivity contribution in [3.05, 3.63) is 0 Å². The van der Waals surface area contributed by atoms with E-state index in [0.717, 1.165) is 0 Å². The van der Waals surface area contributed by atoms with Gasteiger partial charge in [0.25, 0.3) is 0 Å². The van der Waals surface area contributed by atoms with Gasteiger partial charge < -0.3 is 14.8 Å². The number of ketones is 1. The predicted octanol–water partition coefficient (Wildman–Crippen LogP) is 1.84. The van der Waals surface area contributed by atoms with Gasteiger partial charge in [-0.05, 0) is 33.6 Å². The maximum absolute atomic E-state index is 12.0. The lowest BCUT2D eigenvalue weighted by Crippen LogP contribution is -2.47. The Morgan fingerprint density at radius 1 is 1.11 bits per heavy atom. The van der Waals surface area contributed by atoms with Crippen LogP contribution in [0.3, 0.4) is 0 Å². The van der Waals surface area contributed by atoms with E-state index in [0.29, 0.717) is 0 Å². The van der Waals surface area contributed by atoms with Crippen molar-refractivity contribution < 1.29 is 19.1 Å². The Bertz CT molecular complexity index is 342. The van der Waals surface area contributed by atoms with Crippen molar-refractivity contribution in [3.8, 4) is 0 Å². The quantitative estimate of drug-likeness (QED) is 0.748. The summed E-state index contributed by atoms with van der Waals surface area (Å²) >= 11 is 0. The van der Waals surface area contributed by atoms with Crippen LogP contribution in [0.25, 0.3) is 0 Å². The van der Waals surface area contributed by atoms with Crippen LogP contribution in [0.2, 0.25) is 0 Å². The lowest BCUT2D eigenvalue weighted by atomic mass is 10.0. The lowest BCUT2D eigenvalue weighted by molar-refractivity contribution is -0.160. The zero-order chi connectivity index (χ0) is 15.2. The molecule has 5 nitrogen and oxygen atoms in total. The van der Waals surface area contributed by atoms with Gasteiger partial charge in [-0.2, -0.15) is 0 Å². The number of ether oxygens (including phenoxy) is 1. The van der Waals surface area contributed by atoms with Crippen LogP contribution in [-0.2, 0) is 19.1 Å². The van der Waals surface area contributed by atoms with Crippen molar-refractivity contribution in [1.29, 1.82) is 0 Å². The molecule has 0 saturated heterocycles. The molecule has 5 heteroatoms. The van der Waals surface area contributed by atoms with Crippen LogP contribution in [-0.4, -0.2) is 29.3 Å². The topological polar surface area (TPSA) is 72.5 Å². The summed E-state index contributed by atoms with van der Waals surface area (Å²) in [5, 5.41) is 2.63. The van der Waals surface area contributed by atoms with Gasteiger partial charge in [-0.3, -0.25) is 4.79 Å². The summed E-state index contributed by atoms with van der Waals surface area (Å²) in [7, 11) is 0. The van der Waals surface area contributed by atoms with E-state index < -0.39 is 17.6 Å². The molecule has 0 unspecified atom stereocenters. The Morgan fingerprint density at radius 2 is 1.63 bits per heavy atom. The number of esters is 1. The van der Waals surface area contributed by atoms with E-state index in [2.05, 4.69) is 5.32 Å². The number of hydrogen-bond acceptors (Lipinski definition) is 4. The fourth-order valence-electron chi connectivity index (χ4n) is 1.40. The number of rotatable bonds is 6. The fraction of sp³-hybridized carbons (Fsp3) is 0.786. The molecular weight excluding hydrogens is 246 g/mol. The highest BCUT2D eigenvalue weighted by molar-refractivity contribution is 5.87. The van der Waals surface area contributed by atoms with Crippen LogP contribution < -0.4 is 5.32 Å². The summed E-state index contributed by atoms with van der Waals surface area (Å²) in [6.07, 6.45) is 0.284. The average Bonchev–Trinajstić information content (AvgIpc) is 2.19.